The normalized spacial score (nSPS) is 15.6. The second-order valence-electron chi connectivity index (χ2n) is 14.1. The van der Waals surface area contributed by atoms with Crippen LogP contribution in [0.25, 0.3) is 0 Å². The lowest BCUT2D eigenvalue weighted by molar-refractivity contribution is -0.159. The van der Waals surface area contributed by atoms with Crippen LogP contribution in [-0.2, 0) is 34.7 Å². The van der Waals surface area contributed by atoms with Crippen LogP contribution in [0.15, 0.2) is 72.8 Å². The minimum absolute atomic E-state index is 0.0296. The van der Waals surface area contributed by atoms with Crippen molar-refractivity contribution in [3.8, 4) is 5.75 Å². The van der Waals surface area contributed by atoms with E-state index in [1.165, 1.54) is 37.6 Å². The van der Waals surface area contributed by atoms with Gasteiger partial charge in [-0.15, -0.1) is 0 Å². The molecule has 0 spiro atoms. The number of nitrogens with zero attached hydrogens (tertiary/aromatic N) is 1. The van der Waals surface area contributed by atoms with Gasteiger partial charge in [0.2, 0.25) is 5.78 Å². The number of methoxy groups -OCH3 is 1. The topological polar surface area (TPSA) is 140 Å². The number of ketones is 1. The van der Waals surface area contributed by atoms with Crippen molar-refractivity contribution in [1.82, 2.24) is 4.90 Å². The fourth-order valence-corrected chi connectivity index (χ4v) is 5.53. The SMILES string of the molecule is CCC(C)(C)c1ccc(OCC(=O)Nc2cccc(C(=O)C(OC)(C(=O)Nc3ccccc3)N3C(=O)OC(C)(C)C3=O)c2)c(C(C)(C)CC)c1. The van der Waals surface area contributed by atoms with Crippen LogP contribution in [0.3, 0.4) is 0 Å². The van der Waals surface area contributed by atoms with Crippen molar-refractivity contribution in [2.45, 2.75) is 90.4 Å². The van der Waals surface area contributed by atoms with Gasteiger partial charge in [-0.3, -0.25) is 19.2 Å². The summed E-state index contributed by atoms with van der Waals surface area (Å²) in [6, 6.07) is 20.0. The van der Waals surface area contributed by atoms with E-state index in [9.17, 15) is 24.0 Å². The number of carbonyl (C=O) groups is 5. The van der Waals surface area contributed by atoms with Gasteiger partial charge < -0.3 is 24.8 Å². The molecule has 0 radical (unpaired) electrons. The molecule has 1 heterocycles. The number of nitrogens with one attached hydrogen (secondary N) is 2. The Morgan fingerprint density at radius 2 is 1.46 bits per heavy atom. The van der Waals surface area contributed by atoms with Crippen molar-refractivity contribution in [1.29, 1.82) is 0 Å². The monoisotopic (exact) mass is 685 g/mol. The van der Waals surface area contributed by atoms with Crippen molar-refractivity contribution in [2.24, 2.45) is 0 Å². The molecule has 1 atom stereocenters. The first-order valence-corrected chi connectivity index (χ1v) is 16.6. The Balaban J connectivity index is 1.62. The van der Waals surface area contributed by atoms with Crippen LogP contribution in [0.4, 0.5) is 16.2 Å². The van der Waals surface area contributed by atoms with Crippen LogP contribution in [0.5, 0.6) is 5.75 Å². The van der Waals surface area contributed by atoms with Gasteiger partial charge in [0.25, 0.3) is 23.4 Å². The number of hydrogen-bond donors (Lipinski definition) is 2. The molecule has 4 rings (SSSR count). The molecule has 1 fully saturated rings. The minimum atomic E-state index is -2.79. The summed E-state index contributed by atoms with van der Waals surface area (Å²) in [7, 11) is 1.04. The van der Waals surface area contributed by atoms with Crippen molar-refractivity contribution in [2.75, 3.05) is 24.4 Å². The molecule has 0 bridgehead atoms. The molecule has 1 saturated heterocycles. The van der Waals surface area contributed by atoms with Crippen molar-refractivity contribution in [3.05, 3.63) is 89.5 Å². The maximum Gasteiger partial charge on any atom is 0.420 e. The van der Waals surface area contributed by atoms with E-state index < -0.39 is 40.9 Å². The smallest absolute Gasteiger partial charge is 0.420 e. The van der Waals surface area contributed by atoms with E-state index in [1.54, 1.807) is 36.4 Å². The number of anilines is 2. The van der Waals surface area contributed by atoms with Crippen LogP contribution >= 0.6 is 0 Å². The minimum Gasteiger partial charge on any atom is -0.483 e. The van der Waals surface area contributed by atoms with E-state index in [1.807, 2.05) is 12.1 Å². The molecule has 11 nitrogen and oxygen atoms in total. The van der Waals surface area contributed by atoms with E-state index in [0.29, 0.717) is 16.3 Å². The number of cyclic esters (lactones) is 1. The van der Waals surface area contributed by atoms with Gasteiger partial charge in [0.1, 0.15) is 5.75 Å². The molecule has 0 aliphatic carbocycles. The third kappa shape index (κ3) is 7.42. The molecule has 1 aliphatic heterocycles. The Hall–Kier alpha value is -5.03. The maximum absolute atomic E-state index is 14.3. The number of Topliss-reactive ketones (excluding diaryl/α,β-unsaturated/α-hetero) is 1. The molecular weight excluding hydrogens is 638 g/mol. The number of benzene rings is 3. The summed E-state index contributed by atoms with van der Waals surface area (Å²) >= 11 is 0. The summed E-state index contributed by atoms with van der Waals surface area (Å²) in [6.45, 7) is 15.3. The first-order valence-electron chi connectivity index (χ1n) is 16.6. The van der Waals surface area contributed by atoms with Gasteiger partial charge in [0.05, 0.1) is 0 Å². The van der Waals surface area contributed by atoms with Gasteiger partial charge in [-0.05, 0) is 73.4 Å². The van der Waals surface area contributed by atoms with E-state index in [-0.39, 0.29) is 28.7 Å². The zero-order chi connectivity index (χ0) is 37.1. The number of carbonyl (C=O) groups excluding carboxylic acids is 5. The molecule has 0 aromatic heterocycles. The van der Waals surface area contributed by atoms with Gasteiger partial charge in [0.15, 0.2) is 12.2 Å². The molecule has 3 aromatic rings. The third-order valence-electron chi connectivity index (χ3n) is 9.53. The highest BCUT2D eigenvalue weighted by molar-refractivity contribution is 6.25. The molecule has 266 valence electrons. The second-order valence-corrected chi connectivity index (χ2v) is 14.1. The van der Waals surface area contributed by atoms with E-state index in [4.69, 9.17) is 14.2 Å². The van der Waals surface area contributed by atoms with E-state index in [0.717, 1.165) is 25.5 Å². The highest BCUT2D eigenvalue weighted by Crippen LogP contribution is 2.39. The van der Waals surface area contributed by atoms with Gasteiger partial charge >= 0.3 is 6.09 Å². The second kappa shape index (κ2) is 14.4. The van der Waals surface area contributed by atoms with Gasteiger partial charge in [0, 0.05) is 29.6 Å². The molecule has 4 amide bonds. The van der Waals surface area contributed by atoms with Crippen LogP contribution in [-0.4, -0.2) is 59.5 Å². The fourth-order valence-electron chi connectivity index (χ4n) is 5.53. The van der Waals surface area contributed by atoms with Crippen LogP contribution in [0.2, 0.25) is 0 Å². The Bertz CT molecular complexity index is 1780. The predicted molar refractivity (Wildman–Crippen MR) is 190 cm³/mol. The average molecular weight is 686 g/mol. The van der Waals surface area contributed by atoms with Crippen LogP contribution < -0.4 is 15.4 Å². The van der Waals surface area contributed by atoms with Gasteiger partial charge in [-0.25, -0.2) is 4.79 Å². The lowest BCUT2D eigenvalue weighted by Crippen LogP contribution is -2.65. The summed E-state index contributed by atoms with van der Waals surface area (Å²) in [6.07, 6.45) is 0.594. The van der Waals surface area contributed by atoms with E-state index in [2.05, 4.69) is 58.2 Å². The summed E-state index contributed by atoms with van der Waals surface area (Å²) in [5.74, 6) is -2.97. The standard InChI is InChI=1S/C39H47N3O8/c1-10-36(3,4)26-20-21-30(29(23-26)37(5,6)11-2)49-24-31(43)40-28-19-15-16-25(22-28)32(44)39(48-9,33(45)41-27-17-13-12-14-18-27)42-34(46)38(7,8)50-35(42)47/h12-23H,10-11,24H2,1-9H3,(H,40,43)(H,41,45). The lowest BCUT2D eigenvalue weighted by atomic mass is 9.76. The van der Waals surface area contributed by atoms with Crippen LogP contribution in [0, 0.1) is 0 Å². The predicted octanol–water partition coefficient (Wildman–Crippen LogP) is 7.00. The number of hydrogen-bond acceptors (Lipinski definition) is 8. The Labute approximate surface area is 293 Å². The Morgan fingerprint density at radius 1 is 0.820 bits per heavy atom. The highest BCUT2D eigenvalue weighted by Gasteiger charge is 2.64. The number of para-hydroxylation sites is 1. The molecule has 1 unspecified atom stereocenters. The van der Waals surface area contributed by atoms with Crippen LogP contribution in [0.1, 0.15) is 89.7 Å². The Kier molecular flexibility index (Phi) is 10.9. The quantitative estimate of drug-likeness (QED) is 0.137. The van der Waals surface area contributed by atoms with Crippen molar-refractivity contribution >= 4 is 41.0 Å². The lowest BCUT2D eigenvalue weighted by Gasteiger charge is -2.34. The molecular formula is C39H47N3O8. The van der Waals surface area contributed by atoms with Crippen molar-refractivity contribution in [3.63, 3.8) is 0 Å². The third-order valence-corrected chi connectivity index (χ3v) is 9.53. The number of rotatable bonds is 14. The molecule has 2 N–H and O–H groups in total. The molecule has 50 heavy (non-hydrogen) atoms. The first kappa shape index (κ1) is 37.8. The fraction of sp³-hybridized carbons (Fsp3) is 0.410. The summed E-state index contributed by atoms with van der Waals surface area (Å²) in [5.41, 5.74) is -2.12. The summed E-state index contributed by atoms with van der Waals surface area (Å²) in [5, 5.41) is 5.30. The van der Waals surface area contributed by atoms with Crippen molar-refractivity contribution < 1.29 is 38.2 Å². The maximum atomic E-state index is 14.3. The first-order chi connectivity index (χ1) is 23.4. The summed E-state index contributed by atoms with van der Waals surface area (Å²) < 4.78 is 16.8. The zero-order valence-corrected chi connectivity index (χ0v) is 30.3. The Morgan fingerprint density at radius 3 is 2.04 bits per heavy atom. The van der Waals surface area contributed by atoms with Gasteiger partial charge in [-0.1, -0.05) is 84.0 Å². The number of imide groups is 1. The molecule has 1 aliphatic rings. The highest BCUT2D eigenvalue weighted by atomic mass is 16.6. The molecule has 0 saturated carbocycles. The number of ether oxygens (including phenoxy) is 3. The molecule has 3 aromatic carbocycles. The van der Waals surface area contributed by atoms with Gasteiger partial charge in [-0.2, -0.15) is 4.90 Å². The van der Waals surface area contributed by atoms with E-state index >= 15 is 0 Å². The summed E-state index contributed by atoms with van der Waals surface area (Å²) in [4.78, 5) is 68.3. The molecule has 11 heteroatoms. The number of amides is 4. The average Bonchev–Trinajstić information content (AvgIpc) is 3.30. The largest absolute Gasteiger partial charge is 0.483 e. The zero-order valence-electron chi connectivity index (χ0n) is 30.3.